The fourth-order valence-corrected chi connectivity index (χ4v) is 5.36. The molecule has 3 amide bonds. The molecular weight excluding hydrogens is 522 g/mol. The number of nitrogens with zero attached hydrogens (tertiary/aromatic N) is 2. The number of aryl methyl sites for hydroxylation is 1. The molecule has 0 radical (unpaired) electrons. The van der Waals surface area contributed by atoms with E-state index >= 15 is 0 Å². The third kappa shape index (κ3) is 8.03. The molecule has 3 N–H and O–H groups in total. The molecule has 4 rings (SSSR count). The Kier molecular flexibility index (Phi) is 10.3. The molecule has 2 aliphatic rings. The van der Waals surface area contributed by atoms with Crippen molar-refractivity contribution in [2.45, 2.75) is 103 Å². The van der Waals surface area contributed by atoms with Crippen LogP contribution < -0.4 is 16.1 Å². The van der Waals surface area contributed by atoms with Crippen molar-refractivity contribution >= 4 is 34.5 Å². The van der Waals surface area contributed by atoms with Crippen LogP contribution in [0.25, 0.3) is 10.8 Å². The van der Waals surface area contributed by atoms with E-state index < -0.39 is 36.1 Å². The molecule has 4 atom stereocenters. The van der Waals surface area contributed by atoms with Crippen LogP contribution in [-0.2, 0) is 30.3 Å². The van der Waals surface area contributed by atoms with Crippen LogP contribution in [0.15, 0.2) is 30.5 Å². The Bertz CT molecular complexity index is 1260. The molecule has 2 aromatic rings. The summed E-state index contributed by atoms with van der Waals surface area (Å²) < 4.78 is 5.82. The minimum Gasteiger partial charge on any atom is -0.457 e. The highest BCUT2D eigenvalue weighted by Gasteiger charge is 2.33. The molecule has 0 aliphatic carbocycles. The minimum atomic E-state index is -0.843. The number of pyridine rings is 1. The van der Waals surface area contributed by atoms with E-state index in [9.17, 15) is 19.2 Å². The summed E-state index contributed by atoms with van der Waals surface area (Å²) in [6, 6.07) is 5.78. The summed E-state index contributed by atoms with van der Waals surface area (Å²) in [5.74, 6) is -1.52. The molecule has 222 valence electrons. The number of hydrogen-bond donors (Lipinski definition) is 3. The molecule has 10 heteroatoms. The monoisotopic (exact) mass is 565 g/mol. The molecule has 0 saturated carbocycles. The largest absolute Gasteiger partial charge is 0.457 e. The minimum absolute atomic E-state index is 0.154. The van der Waals surface area contributed by atoms with Gasteiger partial charge >= 0.3 is 5.97 Å². The van der Waals surface area contributed by atoms with Gasteiger partial charge in [-0.2, -0.15) is 0 Å². The van der Waals surface area contributed by atoms with Crippen LogP contribution in [0.4, 0.5) is 0 Å². The average molecular weight is 566 g/mol. The zero-order valence-corrected chi connectivity index (χ0v) is 24.6. The second-order valence-corrected chi connectivity index (χ2v) is 11.6. The summed E-state index contributed by atoms with van der Waals surface area (Å²) in [6.07, 6.45) is 7.31. The first-order valence-corrected chi connectivity index (χ1v) is 14.9. The molecule has 10 nitrogen and oxygen atoms in total. The number of cyclic esters (lactones) is 1. The van der Waals surface area contributed by atoms with Crippen molar-refractivity contribution in [2.24, 2.45) is 5.92 Å². The smallest absolute Gasteiger partial charge is 0.325 e. The first kappa shape index (κ1) is 30.4. The van der Waals surface area contributed by atoms with Crippen molar-refractivity contribution in [1.82, 2.24) is 26.1 Å². The van der Waals surface area contributed by atoms with E-state index in [0.29, 0.717) is 25.8 Å². The Morgan fingerprint density at radius 2 is 1.68 bits per heavy atom. The van der Waals surface area contributed by atoms with Gasteiger partial charge < -0.3 is 15.4 Å². The van der Waals surface area contributed by atoms with Gasteiger partial charge in [0, 0.05) is 30.2 Å². The molecule has 0 spiro atoms. The number of ether oxygens (including phenoxy) is 1. The van der Waals surface area contributed by atoms with Gasteiger partial charge in [0.1, 0.15) is 24.2 Å². The van der Waals surface area contributed by atoms with Crippen molar-refractivity contribution in [3.63, 3.8) is 0 Å². The molecule has 3 heterocycles. The third-order valence-electron chi connectivity index (χ3n) is 7.88. The van der Waals surface area contributed by atoms with Crippen LogP contribution in [-0.4, -0.2) is 58.4 Å². The molecule has 5 bridgehead atoms. The van der Waals surface area contributed by atoms with E-state index in [0.717, 1.165) is 54.1 Å². The van der Waals surface area contributed by atoms with Crippen molar-refractivity contribution in [3.05, 3.63) is 41.7 Å². The quantitative estimate of drug-likeness (QED) is 0.452. The molecule has 1 aromatic carbocycles. The van der Waals surface area contributed by atoms with Gasteiger partial charge in [-0.1, -0.05) is 38.8 Å². The van der Waals surface area contributed by atoms with Crippen molar-refractivity contribution in [2.75, 3.05) is 6.54 Å². The highest BCUT2D eigenvalue weighted by atomic mass is 16.5. The van der Waals surface area contributed by atoms with Crippen LogP contribution in [0.1, 0.15) is 90.0 Å². The van der Waals surface area contributed by atoms with Crippen LogP contribution in [0.3, 0.4) is 0 Å². The summed E-state index contributed by atoms with van der Waals surface area (Å²) in [4.78, 5) is 56.6. The van der Waals surface area contributed by atoms with Gasteiger partial charge in [-0.05, 0) is 75.0 Å². The van der Waals surface area contributed by atoms with Crippen LogP contribution >= 0.6 is 0 Å². The maximum Gasteiger partial charge on any atom is 0.325 e. The van der Waals surface area contributed by atoms with Crippen LogP contribution in [0.2, 0.25) is 0 Å². The second-order valence-electron chi connectivity index (χ2n) is 11.6. The summed E-state index contributed by atoms with van der Waals surface area (Å²) in [5, 5.41) is 9.06. The van der Waals surface area contributed by atoms with Crippen molar-refractivity contribution in [3.8, 4) is 0 Å². The van der Waals surface area contributed by atoms with Gasteiger partial charge in [0.15, 0.2) is 0 Å². The number of hydrazine groups is 1. The number of esters is 1. The predicted octanol–water partition coefficient (Wildman–Crippen LogP) is 3.49. The van der Waals surface area contributed by atoms with E-state index in [4.69, 9.17) is 4.74 Å². The zero-order valence-electron chi connectivity index (χ0n) is 24.6. The highest BCUT2D eigenvalue weighted by molar-refractivity contribution is 5.92. The van der Waals surface area contributed by atoms with Crippen LogP contribution in [0.5, 0.6) is 0 Å². The lowest BCUT2D eigenvalue weighted by Gasteiger charge is -2.35. The van der Waals surface area contributed by atoms with E-state index in [1.807, 2.05) is 45.2 Å². The summed E-state index contributed by atoms with van der Waals surface area (Å²) in [5.41, 5.74) is 4.89. The standard InChI is InChI=1S/C31H43N5O5/c1-19(2)28-29(38)33-20(3)30(39)36-15-9-11-26(35-36)31(40)41-21(4)22-13-14-23-18-32-25(17-24(23)16-22)10-7-5-6-8-12-27(37)34-28/h13-14,16-21,26,28,35H,5-12,15H2,1-4H3,(H,33,38)(H,34,37)/t20-,21+,26-,28-/m0/s1. The predicted molar refractivity (Wildman–Crippen MR) is 155 cm³/mol. The van der Waals surface area contributed by atoms with Gasteiger partial charge in [-0.25, -0.2) is 5.43 Å². The zero-order chi connectivity index (χ0) is 29.5. The molecular formula is C31H43N5O5. The van der Waals surface area contributed by atoms with E-state index in [-0.39, 0.29) is 17.7 Å². The number of amides is 3. The number of carbonyl (C=O) groups is 4. The molecule has 2 aliphatic heterocycles. The Labute approximate surface area is 241 Å². The highest BCUT2D eigenvalue weighted by Crippen LogP contribution is 2.24. The Hall–Kier alpha value is -3.53. The first-order valence-electron chi connectivity index (χ1n) is 14.9. The van der Waals surface area contributed by atoms with Gasteiger partial charge in [-0.15, -0.1) is 0 Å². The van der Waals surface area contributed by atoms with Gasteiger partial charge in [-0.3, -0.25) is 29.2 Å². The maximum atomic E-state index is 13.2. The lowest BCUT2D eigenvalue weighted by Crippen LogP contribution is -2.61. The number of aromatic nitrogens is 1. The number of benzene rings is 1. The molecule has 1 saturated heterocycles. The third-order valence-corrected chi connectivity index (χ3v) is 7.88. The number of carbonyl (C=O) groups excluding carboxylic acids is 4. The molecule has 41 heavy (non-hydrogen) atoms. The SMILES string of the molecule is CC(C)[C@@H]1NC(=O)CCCCCCc2cc3cc(ccc3cn2)[C@@H](C)OC(=O)[C@@H]2CCCN(N2)C(=O)[C@H](C)NC1=O. The lowest BCUT2D eigenvalue weighted by atomic mass is 10.0. The first-order chi connectivity index (χ1) is 19.6. The van der Waals surface area contributed by atoms with E-state index in [1.54, 1.807) is 6.92 Å². The van der Waals surface area contributed by atoms with Gasteiger partial charge in [0.05, 0.1) is 0 Å². The van der Waals surface area contributed by atoms with Gasteiger partial charge in [0.25, 0.3) is 5.91 Å². The normalized spacial score (nSPS) is 26.0. The lowest BCUT2D eigenvalue weighted by molar-refractivity contribution is -0.157. The van der Waals surface area contributed by atoms with Crippen molar-refractivity contribution in [1.29, 1.82) is 0 Å². The number of rotatable bonds is 1. The number of nitrogens with one attached hydrogen (secondary N) is 3. The summed E-state index contributed by atoms with van der Waals surface area (Å²) in [7, 11) is 0. The van der Waals surface area contributed by atoms with Gasteiger partial charge in [0.2, 0.25) is 11.8 Å². The van der Waals surface area contributed by atoms with E-state index in [1.165, 1.54) is 5.01 Å². The second kappa shape index (κ2) is 13.9. The van der Waals surface area contributed by atoms with Crippen molar-refractivity contribution < 1.29 is 23.9 Å². The van der Waals surface area contributed by atoms with E-state index in [2.05, 4.69) is 27.1 Å². The maximum absolute atomic E-state index is 13.2. The number of fused-ring (bicyclic) bond motifs is 4. The number of hydrogen-bond acceptors (Lipinski definition) is 7. The summed E-state index contributed by atoms with van der Waals surface area (Å²) in [6.45, 7) is 7.57. The fraction of sp³-hybridized carbons (Fsp3) is 0.581. The molecule has 0 unspecified atom stereocenters. The molecule has 1 fully saturated rings. The topological polar surface area (TPSA) is 130 Å². The Morgan fingerprint density at radius 3 is 2.44 bits per heavy atom. The Morgan fingerprint density at radius 1 is 0.927 bits per heavy atom. The average Bonchev–Trinajstić information content (AvgIpc) is 2.96. The fourth-order valence-electron chi connectivity index (χ4n) is 5.36. The Balaban J connectivity index is 1.53. The summed E-state index contributed by atoms with van der Waals surface area (Å²) >= 11 is 0. The van der Waals surface area contributed by atoms with Crippen LogP contribution in [0, 0.1) is 5.92 Å². The molecule has 1 aromatic heterocycles.